The summed E-state index contributed by atoms with van der Waals surface area (Å²) in [6.45, 7) is 5.24. The van der Waals surface area contributed by atoms with E-state index in [-0.39, 0.29) is 36.4 Å². The van der Waals surface area contributed by atoms with E-state index in [9.17, 15) is 19.5 Å². The fourth-order valence-electron chi connectivity index (χ4n) is 5.59. The third-order valence-corrected chi connectivity index (χ3v) is 8.88. The number of ether oxygens (including phenoxy) is 2. The number of nitrogens with one attached hydrogen (secondary N) is 3. The summed E-state index contributed by atoms with van der Waals surface area (Å²) in [6, 6.07) is 9.27. The van der Waals surface area contributed by atoms with Gasteiger partial charge in [0, 0.05) is 30.0 Å². The number of anilines is 1. The molecule has 2 aliphatic rings. The van der Waals surface area contributed by atoms with E-state index >= 15 is 0 Å². The van der Waals surface area contributed by atoms with Crippen LogP contribution in [0.1, 0.15) is 46.5 Å². The molecule has 3 aromatic rings. The van der Waals surface area contributed by atoms with Crippen LogP contribution in [0.15, 0.2) is 41.3 Å². The fourth-order valence-corrected chi connectivity index (χ4v) is 6.55. The second-order valence-corrected chi connectivity index (χ2v) is 12.5. The Hall–Kier alpha value is -3.38. The number of carbonyl (C=O) groups is 2. The van der Waals surface area contributed by atoms with Crippen molar-refractivity contribution in [3.05, 3.63) is 67.2 Å². The van der Waals surface area contributed by atoms with Crippen LogP contribution in [-0.2, 0) is 4.74 Å². The highest BCUT2D eigenvalue weighted by Gasteiger charge is 2.33. The molecule has 5 rings (SSSR count). The third-order valence-electron chi connectivity index (χ3n) is 7.65. The first-order valence-electron chi connectivity index (χ1n) is 14.1. The number of aliphatic hydroxyl groups is 1. The smallest absolute Gasteiger partial charge is 0.414 e. The molecule has 224 valence electrons. The van der Waals surface area contributed by atoms with Gasteiger partial charge in [0.1, 0.15) is 12.7 Å². The van der Waals surface area contributed by atoms with E-state index in [1.165, 1.54) is 11.3 Å². The maximum Gasteiger partial charge on any atom is 0.414 e. The SMILES string of the molecule is Cc1cc(N2C[C@H](CNC(=O)c3ccc(Cl)s3)OC2=O)cc(C)c1-c1cc[nH]c(=O)c1OCCNC1CCC(O)CC1. The Morgan fingerprint density at radius 1 is 1.17 bits per heavy atom. The molecule has 3 heterocycles. The number of carbonyl (C=O) groups excluding carboxylic acids is 2. The molecule has 10 nitrogen and oxygen atoms in total. The van der Waals surface area contributed by atoms with Crippen molar-refractivity contribution in [1.82, 2.24) is 15.6 Å². The number of amides is 2. The molecule has 2 aromatic heterocycles. The topological polar surface area (TPSA) is 133 Å². The highest BCUT2D eigenvalue weighted by molar-refractivity contribution is 7.18. The van der Waals surface area contributed by atoms with Gasteiger partial charge < -0.3 is 30.2 Å². The summed E-state index contributed by atoms with van der Waals surface area (Å²) >= 11 is 7.10. The number of aryl methyl sites for hydroxylation is 2. The van der Waals surface area contributed by atoms with Gasteiger partial charge in [0.25, 0.3) is 11.5 Å². The fraction of sp³-hybridized carbons (Fsp3) is 0.433. The monoisotopic (exact) mass is 614 g/mol. The first-order valence-corrected chi connectivity index (χ1v) is 15.3. The molecule has 1 aromatic carbocycles. The summed E-state index contributed by atoms with van der Waals surface area (Å²) in [5, 5.41) is 16.0. The van der Waals surface area contributed by atoms with Crippen LogP contribution in [0.3, 0.4) is 0 Å². The summed E-state index contributed by atoms with van der Waals surface area (Å²) in [5.41, 5.74) is 3.65. The number of cyclic esters (lactones) is 1. The lowest BCUT2D eigenvalue weighted by atomic mass is 9.93. The van der Waals surface area contributed by atoms with Crippen molar-refractivity contribution in [3.63, 3.8) is 0 Å². The third kappa shape index (κ3) is 6.97. The summed E-state index contributed by atoms with van der Waals surface area (Å²) < 4.78 is 12.1. The van der Waals surface area contributed by atoms with Crippen molar-refractivity contribution in [2.75, 3.05) is 31.1 Å². The number of H-pyrrole nitrogens is 1. The van der Waals surface area contributed by atoms with Crippen LogP contribution in [0.2, 0.25) is 4.34 Å². The highest BCUT2D eigenvalue weighted by Crippen LogP contribution is 2.36. The Morgan fingerprint density at radius 3 is 2.60 bits per heavy atom. The lowest BCUT2D eigenvalue weighted by Crippen LogP contribution is -2.37. The van der Waals surface area contributed by atoms with Crippen LogP contribution in [0.25, 0.3) is 11.1 Å². The van der Waals surface area contributed by atoms with Gasteiger partial charge in [-0.1, -0.05) is 11.6 Å². The molecule has 1 atom stereocenters. The number of rotatable bonds is 10. The first-order chi connectivity index (χ1) is 20.2. The van der Waals surface area contributed by atoms with E-state index in [1.807, 2.05) is 32.0 Å². The van der Waals surface area contributed by atoms with Crippen LogP contribution in [0.4, 0.5) is 10.5 Å². The molecule has 0 bridgehead atoms. The number of nitrogens with zero attached hydrogens (tertiary/aromatic N) is 1. The number of halogens is 1. The Kier molecular flexibility index (Phi) is 9.52. The zero-order chi connectivity index (χ0) is 29.8. The van der Waals surface area contributed by atoms with Crippen molar-refractivity contribution in [1.29, 1.82) is 0 Å². The molecule has 1 saturated heterocycles. The highest BCUT2D eigenvalue weighted by atomic mass is 35.5. The summed E-state index contributed by atoms with van der Waals surface area (Å²) in [5.74, 6) is -0.0151. The second-order valence-electron chi connectivity index (χ2n) is 10.7. The van der Waals surface area contributed by atoms with E-state index < -0.39 is 12.2 Å². The van der Waals surface area contributed by atoms with Crippen molar-refractivity contribution in [2.24, 2.45) is 0 Å². The maximum atomic E-state index is 12.8. The minimum absolute atomic E-state index is 0.178. The van der Waals surface area contributed by atoms with Gasteiger partial charge in [0.15, 0.2) is 5.75 Å². The normalized spacial score (nSPS) is 20.4. The van der Waals surface area contributed by atoms with E-state index in [0.29, 0.717) is 39.7 Å². The van der Waals surface area contributed by atoms with Gasteiger partial charge in [-0.25, -0.2) is 4.79 Å². The van der Waals surface area contributed by atoms with Gasteiger partial charge in [-0.3, -0.25) is 14.5 Å². The minimum atomic E-state index is -0.503. The number of aliphatic hydroxyl groups excluding tert-OH is 1. The molecule has 42 heavy (non-hydrogen) atoms. The minimum Gasteiger partial charge on any atom is -0.486 e. The van der Waals surface area contributed by atoms with E-state index in [2.05, 4.69) is 15.6 Å². The largest absolute Gasteiger partial charge is 0.486 e. The number of hydrogen-bond donors (Lipinski definition) is 4. The Labute approximate surface area is 253 Å². The predicted molar refractivity (Wildman–Crippen MR) is 163 cm³/mol. The first kappa shape index (κ1) is 30.1. The predicted octanol–water partition coefficient (Wildman–Crippen LogP) is 4.40. The number of pyridine rings is 1. The lowest BCUT2D eigenvalue weighted by Gasteiger charge is -2.26. The quantitative estimate of drug-likeness (QED) is 0.249. The Balaban J connectivity index is 1.24. The lowest BCUT2D eigenvalue weighted by molar-refractivity contribution is 0.0920. The number of thiophene rings is 1. The van der Waals surface area contributed by atoms with E-state index in [4.69, 9.17) is 21.1 Å². The van der Waals surface area contributed by atoms with Crippen LogP contribution in [0, 0.1) is 13.8 Å². The molecule has 0 spiro atoms. The van der Waals surface area contributed by atoms with Gasteiger partial charge in [0.2, 0.25) is 0 Å². The van der Waals surface area contributed by atoms with Gasteiger partial charge in [-0.2, -0.15) is 0 Å². The van der Waals surface area contributed by atoms with Crippen molar-refractivity contribution >= 4 is 40.6 Å². The zero-order valence-electron chi connectivity index (χ0n) is 23.6. The zero-order valence-corrected chi connectivity index (χ0v) is 25.1. The second kappa shape index (κ2) is 13.3. The number of aromatic nitrogens is 1. The van der Waals surface area contributed by atoms with E-state index in [1.54, 1.807) is 23.2 Å². The van der Waals surface area contributed by atoms with Gasteiger partial charge >= 0.3 is 6.09 Å². The Morgan fingerprint density at radius 2 is 1.90 bits per heavy atom. The van der Waals surface area contributed by atoms with Crippen LogP contribution in [-0.4, -0.2) is 66.6 Å². The average Bonchev–Trinajstić information content (AvgIpc) is 3.56. The number of benzene rings is 1. The molecule has 1 saturated carbocycles. The standard InChI is InChI=1S/C30H35ClN4O6S/c1-17-13-20(35-16-22(41-30(35)39)15-34-28(37)24-7-8-25(31)42-24)14-18(2)26(17)23-9-10-33-29(38)27(23)40-12-11-32-19-3-5-21(36)6-4-19/h7-10,13-14,19,21-22,32,36H,3-6,11-12,15-16H2,1-2H3,(H,33,38)(H,34,37)/t19?,21?,22-/m0/s1. The molecule has 1 aliphatic carbocycles. The Bertz CT molecular complexity index is 1480. The van der Waals surface area contributed by atoms with Crippen LogP contribution < -0.4 is 25.8 Å². The van der Waals surface area contributed by atoms with E-state index in [0.717, 1.165) is 42.4 Å². The van der Waals surface area contributed by atoms with Crippen molar-refractivity contribution in [2.45, 2.75) is 57.8 Å². The molecular weight excluding hydrogens is 580 g/mol. The molecule has 2 amide bonds. The molecular formula is C30H35ClN4O6S. The number of aromatic amines is 1. The molecule has 4 N–H and O–H groups in total. The van der Waals surface area contributed by atoms with Gasteiger partial charge in [-0.15, -0.1) is 11.3 Å². The van der Waals surface area contributed by atoms with Gasteiger partial charge in [0.05, 0.1) is 28.4 Å². The van der Waals surface area contributed by atoms with Crippen molar-refractivity contribution in [3.8, 4) is 16.9 Å². The average molecular weight is 615 g/mol. The molecule has 12 heteroatoms. The maximum absolute atomic E-state index is 12.8. The van der Waals surface area contributed by atoms with Gasteiger partial charge in [-0.05, 0) is 86.6 Å². The molecule has 2 fully saturated rings. The summed E-state index contributed by atoms with van der Waals surface area (Å²) in [4.78, 5) is 42.7. The molecule has 1 aliphatic heterocycles. The molecule has 0 radical (unpaired) electrons. The summed E-state index contributed by atoms with van der Waals surface area (Å²) in [6.07, 6.45) is 3.85. The van der Waals surface area contributed by atoms with Crippen LogP contribution >= 0.6 is 22.9 Å². The number of hydrogen-bond acceptors (Lipinski definition) is 8. The van der Waals surface area contributed by atoms with Crippen LogP contribution in [0.5, 0.6) is 5.75 Å². The summed E-state index contributed by atoms with van der Waals surface area (Å²) in [7, 11) is 0. The molecule has 0 unspecified atom stereocenters. The van der Waals surface area contributed by atoms with Crippen molar-refractivity contribution < 1.29 is 24.2 Å².